The van der Waals surface area contributed by atoms with Gasteiger partial charge in [0.15, 0.2) is 0 Å². The fraction of sp³-hybridized carbons (Fsp3) is 0.480. The first kappa shape index (κ1) is 24.7. The Balaban J connectivity index is 1.20. The van der Waals surface area contributed by atoms with Gasteiger partial charge >= 0.3 is 0 Å². The molecule has 2 aliphatic heterocycles. The average molecular weight is 488 g/mol. The Kier molecular flexibility index (Phi) is 7.88. The molecule has 1 atom stereocenters. The summed E-state index contributed by atoms with van der Waals surface area (Å²) < 4.78 is 30.7. The summed E-state index contributed by atoms with van der Waals surface area (Å²) in [5, 5.41) is 13.2. The van der Waals surface area contributed by atoms with E-state index in [-0.39, 0.29) is 18.6 Å². The van der Waals surface area contributed by atoms with Crippen LogP contribution in [-0.2, 0) is 23.0 Å². The van der Waals surface area contributed by atoms with E-state index in [0.717, 1.165) is 19.5 Å². The molecule has 0 radical (unpaired) electrons. The molecule has 8 nitrogen and oxygen atoms in total. The highest BCUT2D eigenvalue weighted by Gasteiger charge is 2.26. The average Bonchev–Trinajstić information content (AvgIpc) is 2.83. The number of fused-ring (bicyclic) bond motifs is 1. The van der Waals surface area contributed by atoms with E-state index < -0.39 is 16.1 Å². The van der Waals surface area contributed by atoms with Crippen molar-refractivity contribution in [3.63, 3.8) is 0 Å². The summed E-state index contributed by atoms with van der Waals surface area (Å²) in [5.74, 6) is 0.413. The smallest absolute Gasteiger partial charge is 0.251 e. The summed E-state index contributed by atoms with van der Waals surface area (Å²) in [6.45, 7) is 3.33. The number of β-amino-alcohol motifs (C(OH)–C–C–N with tert-alkyl or cyclic N) is 1. The molecular formula is C25H33N3O5S. The van der Waals surface area contributed by atoms with Crippen molar-refractivity contribution in [3.8, 4) is 5.75 Å². The standard InChI is InChI=1S/C25H33N3O5S/c1-34(31,32)28-14-11-24(12-15-28)33-23-8-6-20(7-9-23)25(30)26-16-22(29)18-27-13-10-19-4-2-3-5-21(19)17-27/h2-9,22,24,29H,10-18H2,1H3,(H,26,30). The summed E-state index contributed by atoms with van der Waals surface area (Å²) >= 11 is 0. The highest BCUT2D eigenvalue weighted by Crippen LogP contribution is 2.21. The molecule has 9 heteroatoms. The summed E-state index contributed by atoms with van der Waals surface area (Å²) in [6.07, 6.45) is 2.78. The molecule has 1 unspecified atom stereocenters. The van der Waals surface area contributed by atoms with Gasteiger partial charge in [-0.3, -0.25) is 9.69 Å². The molecule has 2 N–H and O–H groups in total. The van der Waals surface area contributed by atoms with Gasteiger partial charge in [0.2, 0.25) is 10.0 Å². The summed E-state index contributed by atoms with van der Waals surface area (Å²) in [4.78, 5) is 14.7. The van der Waals surface area contributed by atoms with Crippen molar-refractivity contribution in [2.45, 2.75) is 38.0 Å². The van der Waals surface area contributed by atoms with Crippen LogP contribution in [0.15, 0.2) is 48.5 Å². The molecule has 2 heterocycles. The van der Waals surface area contributed by atoms with Gasteiger partial charge in [-0.1, -0.05) is 24.3 Å². The number of benzene rings is 2. The number of carbonyl (C=O) groups is 1. The van der Waals surface area contributed by atoms with Gasteiger partial charge in [0.1, 0.15) is 11.9 Å². The number of rotatable bonds is 8. The van der Waals surface area contributed by atoms with Gasteiger partial charge < -0.3 is 15.2 Å². The molecule has 2 aliphatic rings. The Hall–Kier alpha value is -2.46. The predicted octanol–water partition coefficient (Wildman–Crippen LogP) is 1.64. The highest BCUT2D eigenvalue weighted by atomic mass is 32.2. The second-order valence-corrected chi connectivity index (χ2v) is 11.1. The lowest BCUT2D eigenvalue weighted by Gasteiger charge is -2.30. The Morgan fingerprint density at radius 2 is 1.76 bits per heavy atom. The van der Waals surface area contributed by atoms with Crippen molar-refractivity contribution in [2.75, 3.05) is 39.0 Å². The minimum absolute atomic E-state index is 0.0467. The predicted molar refractivity (Wildman–Crippen MR) is 130 cm³/mol. The van der Waals surface area contributed by atoms with Crippen molar-refractivity contribution < 1.29 is 23.1 Å². The number of piperidine rings is 1. The fourth-order valence-electron chi connectivity index (χ4n) is 4.54. The lowest BCUT2D eigenvalue weighted by Crippen LogP contribution is -2.42. The van der Waals surface area contributed by atoms with Gasteiger partial charge in [-0.25, -0.2) is 12.7 Å². The molecule has 0 saturated carbocycles. The molecule has 1 amide bonds. The maximum absolute atomic E-state index is 12.5. The molecule has 1 saturated heterocycles. The van der Waals surface area contributed by atoms with Crippen LogP contribution in [0.1, 0.15) is 34.3 Å². The molecule has 4 rings (SSSR count). The van der Waals surface area contributed by atoms with E-state index in [1.54, 1.807) is 24.3 Å². The summed E-state index contributed by atoms with van der Waals surface area (Å²) in [7, 11) is -3.16. The van der Waals surface area contributed by atoms with Crippen molar-refractivity contribution in [2.24, 2.45) is 0 Å². The van der Waals surface area contributed by atoms with Crippen LogP contribution < -0.4 is 10.1 Å². The van der Waals surface area contributed by atoms with Gasteiger partial charge in [0.25, 0.3) is 5.91 Å². The Morgan fingerprint density at radius 3 is 2.44 bits per heavy atom. The molecule has 0 spiro atoms. The molecule has 2 aromatic carbocycles. The number of nitrogens with one attached hydrogen (secondary N) is 1. The number of hydrogen-bond donors (Lipinski definition) is 2. The molecular weight excluding hydrogens is 454 g/mol. The maximum Gasteiger partial charge on any atom is 0.251 e. The highest BCUT2D eigenvalue weighted by molar-refractivity contribution is 7.88. The summed E-state index contributed by atoms with van der Waals surface area (Å²) in [6, 6.07) is 15.3. The zero-order valence-electron chi connectivity index (χ0n) is 19.5. The number of amides is 1. The van der Waals surface area contributed by atoms with Crippen LogP contribution in [-0.4, -0.2) is 79.8 Å². The van der Waals surface area contributed by atoms with Gasteiger partial charge in [0, 0.05) is 44.8 Å². The number of aliphatic hydroxyl groups is 1. The number of carbonyl (C=O) groups excluding carboxylic acids is 1. The third kappa shape index (κ3) is 6.56. The van der Waals surface area contributed by atoms with Crippen molar-refractivity contribution in [3.05, 3.63) is 65.2 Å². The quantitative estimate of drug-likeness (QED) is 0.587. The minimum Gasteiger partial charge on any atom is -0.490 e. The fourth-order valence-corrected chi connectivity index (χ4v) is 5.42. The van der Waals surface area contributed by atoms with Crippen LogP contribution in [0.4, 0.5) is 0 Å². The lowest BCUT2D eigenvalue weighted by molar-refractivity contribution is 0.0841. The Labute approximate surface area is 201 Å². The molecule has 2 aromatic rings. The Bertz CT molecular complexity index is 1080. The second-order valence-electron chi connectivity index (χ2n) is 9.12. The van der Waals surface area contributed by atoms with Crippen molar-refractivity contribution in [1.82, 2.24) is 14.5 Å². The number of ether oxygens (including phenoxy) is 1. The van der Waals surface area contributed by atoms with E-state index in [4.69, 9.17) is 4.74 Å². The molecule has 1 fully saturated rings. The normalized spacial score (nSPS) is 18.8. The van der Waals surface area contributed by atoms with E-state index in [2.05, 4.69) is 28.4 Å². The topological polar surface area (TPSA) is 99.2 Å². The van der Waals surface area contributed by atoms with Crippen LogP contribution >= 0.6 is 0 Å². The maximum atomic E-state index is 12.5. The molecule has 0 aliphatic carbocycles. The number of sulfonamides is 1. The molecule has 184 valence electrons. The van der Waals surface area contributed by atoms with E-state index in [0.29, 0.717) is 43.8 Å². The monoisotopic (exact) mass is 487 g/mol. The number of nitrogens with zero attached hydrogens (tertiary/aromatic N) is 2. The van der Waals surface area contributed by atoms with Crippen molar-refractivity contribution in [1.29, 1.82) is 0 Å². The first-order chi connectivity index (χ1) is 16.3. The second kappa shape index (κ2) is 10.9. The van der Waals surface area contributed by atoms with E-state index in [1.165, 1.54) is 21.7 Å². The zero-order chi connectivity index (χ0) is 24.1. The molecule has 34 heavy (non-hydrogen) atoms. The first-order valence-electron chi connectivity index (χ1n) is 11.7. The first-order valence-corrected chi connectivity index (χ1v) is 13.6. The summed E-state index contributed by atoms with van der Waals surface area (Å²) in [5.41, 5.74) is 3.17. The largest absolute Gasteiger partial charge is 0.490 e. The van der Waals surface area contributed by atoms with Crippen LogP contribution in [0.5, 0.6) is 5.75 Å². The third-order valence-corrected chi connectivity index (χ3v) is 7.77. The van der Waals surface area contributed by atoms with Crippen molar-refractivity contribution >= 4 is 15.9 Å². The molecule has 0 bridgehead atoms. The van der Waals surface area contributed by atoms with Gasteiger partial charge in [-0.15, -0.1) is 0 Å². The van der Waals surface area contributed by atoms with E-state index in [1.807, 2.05) is 6.07 Å². The Morgan fingerprint density at radius 1 is 1.09 bits per heavy atom. The van der Waals surface area contributed by atoms with Crippen LogP contribution in [0.2, 0.25) is 0 Å². The third-order valence-electron chi connectivity index (χ3n) is 6.47. The minimum atomic E-state index is -3.16. The van der Waals surface area contributed by atoms with Gasteiger partial charge in [-0.05, 0) is 54.7 Å². The van der Waals surface area contributed by atoms with Crippen LogP contribution in [0.25, 0.3) is 0 Å². The van der Waals surface area contributed by atoms with E-state index >= 15 is 0 Å². The molecule has 0 aromatic heterocycles. The van der Waals surface area contributed by atoms with Crippen LogP contribution in [0.3, 0.4) is 0 Å². The lowest BCUT2D eigenvalue weighted by atomic mass is 10.00. The zero-order valence-corrected chi connectivity index (χ0v) is 20.3. The van der Waals surface area contributed by atoms with Gasteiger partial charge in [0.05, 0.1) is 12.4 Å². The number of aliphatic hydroxyl groups excluding tert-OH is 1. The van der Waals surface area contributed by atoms with Crippen LogP contribution in [0, 0.1) is 0 Å². The number of hydrogen-bond acceptors (Lipinski definition) is 6. The SMILES string of the molecule is CS(=O)(=O)N1CCC(Oc2ccc(C(=O)NCC(O)CN3CCc4ccccc4C3)cc2)CC1. The van der Waals surface area contributed by atoms with Gasteiger partial charge in [-0.2, -0.15) is 0 Å². The van der Waals surface area contributed by atoms with E-state index in [9.17, 15) is 18.3 Å².